The summed E-state index contributed by atoms with van der Waals surface area (Å²) in [5, 5.41) is 5.96. The maximum atomic E-state index is 12.7. The van der Waals surface area contributed by atoms with Crippen molar-refractivity contribution in [1.29, 1.82) is 0 Å². The molecular weight excluding hydrogens is 416 g/mol. The molecule has 2 aromatic rings. The third-order valence-electron chi connectivity index (χ3n) is 5.84. The van der Waals surface area contributed by atoms with E-state index in [2.05, 4.69) is 10.6 Å². The van der Waals surface area contributed by atoms with E-state index < -0.39 is 0 Å². The Bertz CT molecular complexity index is 931. The second-order valence-corrected chi connectivity index (χ2v) is 8.67. The van der Waals surface area contributed by atoms with Crippen LogP contribution in [0.4, 0.5) is 11.4 Å². The summed E-state index contributed by atoms with van der Waals surface area (Å²) in [5.74, 6) is 0.0174. The Labute approximate surface area is 196 Å². The van der Waals surface area contributed by atoms with Gasteiger partial charge >= 0.3 is 0 Å². The molecule has 3 amide bonds. The topological polar surface area (TPSA) is 81.8 Å². The fourth-order valence-corrected chi connectivity index (χ4v) is 3.80. The number of hydrogen-bond acceptors (Lipinski definition) is 4. The summed E-state index contributed by atoms with van der Waals surface area (Å²) >= 11 is 0. The first-order chi connectivity index (χ1) is 15.9. The minimum Gasteiger partial charge on any atom is -0.376 e. The fraction of sp³-hybridized carbons (Fsp3) is 0.423. The number of nitrogens with zero attached hydrogens (tertiary/aromatic N) is 2. The van der Waals surface area contributed by atoms with Crippen LogP contribution >= 0.6 is 0 Å². The van der Waals surface area contributed by atoms with Gasteiger partial charge in [-0.15, -0.1) is 0 Å². The van der Waals surface area contributed by atoms with E-state index in [-0.39, 0.29) is 24.3 Å². The number of benzene rings is 2. The molecule has 7 heteroatoms. The van der Waals surface area contributed by atoms with Crippen molar-refractivity contribution in [3.63, 3.8) is 0 Å². The Morgan fingerprint density at radius 3 is 2.06 bits per heavy atom. The zero-order valence-corrected chi connectivity index (χ0v) is 19.6. The molecule has 0 aromatic heterocycles. The minimum atomic E-state index is -0.157. The predicted octanol–water partition coefficient (Wildman–Crippen LogP) is 3.77. The van der Waals surface area contributed by atoms with Gasteiger partial charge in [-0.25, -0.2) is 0 Å². The molecule has 0 unspecified atom stereocenters. The molecule has 1 fully saturated rings. The van der Waals surface area contributed by atoms with Crippen LogP contribution in [0.15, 0.2) is 48.5 Å². The lowest BCUT2D eigenvalue weighted by Crippen LogP contribution is -2.31. The summed E-state index contributed by atoms with van der Waals surface area (Å²) in [6.45, 7) is 1.78. The number of anilines is 2. The van der Waals surface area contributed by atoms with Crippen LogP contribution in [0.25, 0.3) is 0 Å². The number of likely N-dealkylation sites (tertiary alicyclic amines) is 1. The van der Waals surface area contributed by atoms with Gasteiger partial charge in [0, 0.05) is 50.5 Å². The molecule has 33 heavy (non-hydrogen) atoms. The molecule has 0 aliphatic carbocycles. The van der Waals surface area contributed by atoms with E-state index in [1.807, 2.05) is 53.4 Å². The quantitative estimate of drug-likeness (QED) is 0.641. The summed E-state index contributed by atoms with van der Waals surface area (Å²) in [6.07, 6.45) is 5.65. The van der Waals surface area contributed by atoms with Crippen LogP contribution in [0, 0.1) is 0 Å². The summed E-state index contributed by atoms with van der Waals surface area (Å²) in [4.78, 5) is 40.2. The van der Waals surface area contributed by atoms with Gasteiger partial charge in [0.05, 0.1) is 6.54 Å². The van der Waals surface area contributed by atoms with Crippen LogP contribution in [0.2, 0.25) is 0 Å². The Balaban J connectivity index is 1.44. The highest BCUT2D eigenvalue weighted by Crippen LogP contribution is 2.16. The minimum absolute atomic E-state index is 0.0794. The maximum absolute atomic E-state index is 12.7. The van der Waals surface area contributed by atoms with Crippen molar-refractivity contribution in [3.05, 3.63) is 59.7 Å². The van der Waals surface area contributed by atoms with E-state index >= 15 is 0 Å². The number of aryl methyl sites for hydroxylation is 1. The smallest absolute Gasteiger partial charge is 0.253 e. The highest BCUT2D eigenvalue weighted by molar-refractivity contribution is 5.95. The first-order valence-electron chi connectivity index (χ1n) is 11.6. The van der Waals surface area contributed by atoms with E-state index in [9.17, 15) is 14.4 Å². The monoisotopic (exact) mass is 450 g/mol. The van der Waals surface area contributed by atoms with Crippen molar-refractivity contribution in [2.75, 3.05) is 44.4 Å². The average molecular weight is 451 g/mol. The van der Waals surface area contributed by atoms with Crippen molar-refractivity contribution >= 4 is 29.1 Å². The lowest BCUT2D eigenvalue weighted by molar-refractivity contribution is -0.128. The second-order valence-electron chi connectivity index (χ2n) is 8.67. The Hall–Kier alpha value is -3.35. The summed E-state index contributed by atoms with van der Waals surface area (Å²) in [6, 6.07) is 14.8. The average Bonchev–Trinajstić information content (AvgIpc) is 3.11. The van der Waals surface area contributed by atoms with Gasteiger partial charge in [0.1, 0.15) is 0 Å². The number of carbonyl (C=O) groups excluding carboxylic acids is 3. The van der Waals surface area contributed by atoms with E-state index in [0.717, 1.165) is 37.2 Å². The van der Waals surface area contributed by atoms with Gasteiger partial charge in [0.15, 0.2) is 0 Å². The molecule has 1 heterocycles. The van der Waals surface area contributed by atoms with Gasteiger partial charge in [-0.2, -0.15) is 0 Å². The van der Waals surface area contributed by atoms with Gasteiger partial charge in [0.2, 0.25) is 11.8 Å². The zero-order chi connectivity index (χ0) is 23.6. The third-order valence-corrected chi connectivity index (χ3v) is 5.84. The summed E-state index contributed by atoms with van der Waals surface area (Å²) < 4.78 is 0. The highest BCUT2D eigenvalue weighted by atomic mass is 16.2. The largest absolute Gasteiger partial charge is 0.376 e. The first-order valence-corrected chi connectivity index (χ1v) is 11.6. The zero-order valence-electron chi connectivity index (χ0n) is 19.6. The van der Waals surface area contributed by atoms with Crippen LogP contribution in [0.3, 0.4) is 0 Å². The fourth-order valence-electron chi connectivity index (χ4n) is 3.80. The molecule has 2 aromatic carbocycles. The van der Waals surface area contributed by atoms with Crippen molar-refractivity contribution in [2.24, 2.45) is 0 Å². The molecule has 176 valence electrons. The molecule has 0 radical (unpaired) electrons. The van der Waals surface area contributed by atoms with Gasteiger partial charge in [0.25, 0.3) is 5.91 Å². The maximum Gasteiger partial charge on any atom is 0.253 e. The van der Waals surface area contributed by atoms with Crippen LogP contribution in [-0.4, -0.2) is 61.3 Å². The van der Waals surface area contributed by atoms with Crippen molar-refractivity contribution in [3.8, 4) is 0 Å². The van der Waals surface area contributed by atoms with E-state index in [4.69, 9.17) is 0 Å². The number of hydrogen-bond donors (Lipinski definition) is 2. The first kappa shape index (κ1) is 24.3. The molecule has 7 nitrogen and oxygen atoms in total. The Morgan fingerprint density at radius 2 is 1.45 bits per heavy atom. The molecule has 0 bridgehead atoms. The molecule has 2 N–H and O–H groups in total. The molecule has 3 rings (SSSR count). The SMILES string of the molecule is CN(C)C(=O)CCc1ccc(NC(=O)CNc2ccc(C(=O)N3CCCCCC3)cc2)cc1. The van der Waals surface area contributed by atoms with Gasteiger partial charge < -0.3 is 20.4 Å². The number of rotatable bonds is 8. The van der Waals surface area contributed by atoms with Crippen LogP contribution in [-0.2, 0) is 16.0 Å². The van der Waals surface area contributed by atoms with Crippen LogP contribution < -0.4 is 10.6 Å². The van der Waals surface area contributed by atoms with Crippen LogP contribution in [0.1, 0.15) is 48.0 Å². The standard InChI is InChI=1S/C26H34N4O3/c1-29(2)25(32)16-9-20-7-12-23(13-8-20)28-24(31)19-27-22-14-10-21(11-15-22)26(33)30-17-5-3-4-6-18-30/h7-8,10-15,27H,3-6,9,16-19H2,1-2H3,(H,28,31). The number of amides is 3. The van der Waals surface area contributed by atoms with E-state index in [1.165, 1.54) is 12.8 Å². The third kappa shape index (κ3) is 7.63. The van der Waals surface area contributed by atoms with E-state index in [1.54, 1.807) is 19.0 Å². The number of carbonyl (C=O) groups is 3. The second kappa shape index (κ2) is 12.0. The summed E-state index contributed by atoms with van der Waals surface area (Å²) in [7, 11) is 3.50. The molecular formula is C26H34N4O3. The molecule has 1 saturated heterocycles. The van der Waals surface area contributed by atoms with Gasteiger partial charge in [-0.3, -0.25) is 14.4 Å². The van der Waals surface area contributed by atoms with Crippen molar-refractivity contribution < 1.29 is 14.4 Å². The predicted molar refractivity (Wildman–Crippen MR) is 131 cm³/mol. The highest BCUT2D eigenvalue weighted by Gasteiger charge is 2.17. The molecule has 0 atom stereocenters. The van der Waals surface area contributed by atoms with Crippen molar-refractivity contribution in [1.82, 2.24) is 9.80 Å². The van der Waals surface area contributed by atoms with E-state index in [0.29, 0.717) is 24.1 Å². The lowest BCUT2D eigenvalue weighted by atomic mass is 10.1. The Morgan fingerprint density at radius 1 is 0.848 bits per heavy atom. The van der Waals surface area contributed by atoms with Crippen molar-refractivity contribution in [2.45, 2.75) is 38.5 Å². The molecule has 1 aliphatic heterocycles. The van der Waals surface area contributed by atoms with Gasteiger partial charge in [-0.05, 0) is 61.2 Å². The van der Waals surface area contributed by atoms with Gasteiger partial charge in [-0.1, -0.05) is 25.0 Å². The lowest BCUT2D eigenvalue weighted by Gasteiger charge is -2.20. The molecule has 0 spiro atoms. The number of nitrogens with one attached hydrogen (secondary N) is 2. The molecule has 0 saturated carbocycles. The molecule has 1 aliphatic rings. The Kier molecular flexibility index (Phi) is 8.87. The summed E-state index contributed by atoms with van der Waals surface area (Å²) in [5.41, 5.74) is 3.23. The van der Waals surface area contributed by atoms with Crippen LogP contribution in [0.5, 0.6) is 0 Å². The normalized spacial score (nSPS) is 13.7.